The highest BCUT2D eigenvalue weighted by Gasteiger charge is 2.30. The van der Waals surface area contributed by atoms with Crippen LogP contribution < -0.4 is 10.0 Å². The van der Waals surface area contributed by atoms with Crippen LogP contribution in [0.2, 0.25) is 0 Å². The molecule has 1 aromatic rings. The van der Waals surface area contributed by atoms with Gasteiger partial charge in [0.25, 0.3) is 0 Å². The van der Waals surface area contributed by atoms with E-state index in [2.05, 4.69) is 10.0 Å². The average molecular weight is 300 g/mol. The molecule has 0 aliphatic carbocycles. The van der Waals surface area contributed by atoms with Crippen molar-refractivity contribution in [3.8, 4) is 0 Å². The molecule has 0 saturated carbocycles. The van der Waals surface area contributed by atoms with Crippen LogP contribution in [0, 0.1) is 19.7 Å². The van der Waals surface area contributed by atoms with Crippen LogP contribution in [-0.4, -0.2) is 27.0 Å². The highest BCUT2D eigenvalue weighted by Crippen LogP contribution is 2.23. The summed E-state index contributed by atoms with van der Waals surface area (Å²) in [6.45, 7) is 6.48. The monoisotopic (exact) mass is 300 g/mol. The van der Waals surface area contributed by atoms with Crippen molar-refractivity contribution in [2.75, 3.05) is 13.1 Å². The molecule has 1 fully saturated rings. The third kappa shape index (κ3) is 3.19. The number of nitrogens with one attached hydrogen (secondary N) is 2. The molecule has 0 bridgehead atoms. The molecule has 1 aliphatic heterocycles. The van der Waals surface area contributed by atoms with Crippen LogP contribution in [0.15, 0.2) is 17.0 Å². The molecule has 0 aromatic heterocycles. The fourth-order valence-corrected chi connectivity index (χ4v) is 4.37. The molecule has 0 radical (unpaired) electrons. The van der Waals surface area contributed by atoms with Gasteiger partial charge >= 0.3 is 0 Å². The summed E-state index contributed by atoms with van der Waals surface area (Å²) in [5.74, 6) is -0.414. The van der Waals surface area contributed by atoms with Gasteiger partial charge in [-0.25, -0.2) is 17.5 Å². The van der Waals surface area contributed by atoms with Crippen LogP contribution in [0.3, 0.4) is 0 Å². The van der Waals surface area contributed by atoms with Crippen molar-refractivity contribution in [3.63, 3.8) is 0 Å². The summed E-state index contributed by atoms with van der Waals surface area (Å²) in [5, 5.41) is 3.31. The van der Waals surface area contributed by atoms with Crippen LogP contribution in [-0.2, 0) is 10.0 Å². The number of hydrogen-bond acceptors (Lipinski definition) is 3. The minimum atomic E-state index is -3.62. The molecule has 1 heterocycles. The fraction of sp³-hybridized carbons (Fsp3) is 0.571. The molecule has 1 saturated heterocycles. The van der Waals surface area contributed by atoms with Gasteiger partial charge in [-0.05, 0) is 63.4 Å². The van der Waals surface area contributed by atoms with Crippen LogP contribution in [0.5, 0.6) is 0 Å². The Bertz CT molecular complexity index is 585. The number of rotatable bonds is 4. The number of halogens is 1. The maximum absolute atomic E-state index is 13.3. The zero-order valence-electron chi connectivity index (χ0n) is 12.1. The van der Waals surface area contributed by atoms with Gasteiger partial charge in [0.2, 0.25) is 10.0 Å². The predicted octanol–water partition coefficient (Wildman–Crippen LogP) is 1.86. The van der Waals surface area contributed by atoms with Crippen molar-refractivity contribution < 1.29 is 12.8 Å². The molecule has 20 heavy (non-hydrogen) atoms. The zero-order valence-corrected chi connectivity index (χ0v) is 12.9. The summed E-state index contributed by atoms with van der Waals surface area (Å²) >= 11 is 0. The van der Waals surface area contributed by atoms with Gasteiger partial charge in [-0.3, -0.25) is 0 Å². The Balaban J connectivity index is 2.23. The second kappa shape index (κ2) is 5.42. The molecule has 0 spiro atoms. The summed E-state index contributed by atoms with van der Waals surface area (Å²) in [5.41, 5.74) is 0.661. The topological polar surface area (TPSA) is 58.2 Å². The Hall–Kier alpha value is -0.980. The number of aryl methyl sites for hydroxylation is 2. The van der Waals surface area contributed by atoms with E-state index >= 15 is 0 Å². The van der Waals surface area contributed by atoms with Gasteiger partial charge in [-0.2, -0.15) is 0 Å². The molecule has 0 amide bonds. The van der Waals surface area contributed by atoms with Gasteiger partial charge in [0.05, 0.1) is 4.90 Å². The number of benzene rings is 1. The van der Waals surface area contributed by atoms with Crippen LogP contribution >= 0.6 is 0 Å². The average Bonchev–Trinajstić information content (AvgIpc) is 2.73. The Morgan fingerprint density at radius 1 is 1.35 bits per heavy atom. The largest absolute Gasteiger partial charge is 0.310 e. The zero-order chi connectivity index (χ0) is 15.0. The first-order valence-corrected chi connectivity index (χ1v) is 8.23. The minimum Gasteiger partial charge on any atom is -0.310 e. The lowest BCUT2D eigenvalue weighted by Crippen LogP contribution is -2.47. The quantitative estimate of drug-likeness (QED) is 0.892. The van der Waals surface area contributed by atoms with Gasteiger partial charge in [0.1, 0.15) is 5.82 Å². The van der Waals surface area contributed by atoms with Crippen molar-refractivity contribution in [1.29, 1.82) is 0 Å². The van der Waals surface area contributed by atoms with Crippen molar-refractivity contribution in [3.05, 3.63) is 29.1 Å². The highest BCUT2D eigenvalue weighted by atomic mass is 32.2. The summed E-state index contributed by atoms with van der Waals surface area (Å²) < 4.78 is 40.8. The Morgan fingerprint density at radius 3 is 2.45 bits per heavy atom. The van der Waals surface area contributed by atoms with Gasteiger partial charge in [-0.1, -0.05) is 0 Å². The van der Waals surface area contributed by atoms with Gasteiger partial charge < -0.3 is 5.32 Å². The van der Waals surface area contributed by atoms with Gasteiger partial charge in [-0.15, -0.1) is 0 Å². The van der Waals surface area contributed by atoms with Crippen molar-refractivity contribution >= 4 is 10.0 Å². The molecule has 6 heteroatoms. The van der Waals surface area contributed by atoms with E-state index in [4.69, 9.17) is 0 Å². The van der Waals surface area contributed by atoms with E-state index < -0.39 is 15.8 Å². The highest BCUT2D eigenvalue weighted by molar-refractivity contribution is 7.89. The first kappa shape index (κ1) is 15.4. The second-order valence-corrected chi connectivity index (χ2v) is 7.49. The molecule has 4 nitrogen and oxygen atoms in total. The fourth-order valence-electron chi connectivity index (χ4n) is 2.76. The smallest absolute Gasteiger partial charge is 0.241 e. The van der Waals surface area contributed by atoms with Gasteiger partial charge in [0, 0.05) is 12.1 Å². The lowest BCUT2D eigenvalue weighted by atomic mass is 10.0. The van der Waals surface area contributed by atoms with Crippen molar-refractivity contribution in [1.82, 2.24) is 10.0 Å². The lowest BCUT2D eigenvalue weighted by molar-refractivity contribution is 0.409. The number of hydrogen-bond donors (Lipinski definition) is 2. The molecule has 2 N–H and O–H groups in total. The summed E-state index contributed by atoms with van der Waals surface area (Å²) in [6.07, 6.45) is 1.99. The minimum absolute atomic E-state index is 0.181. The summed E-state index contributed by atoms with van der Waals surface area (Å²) in [4.78, 5) is 0.181. The molecule has 2 rings (SSSR count). The predicted molar refractivity (Wildman–Crippen MR) is 76.7 cm³/mol. The number of sulfonamides is 1. The summed E-state index contributed by atoms with van der Waals surface area (Å²) in [6, 6.07) is 2.49. The van der Waals surface area contributed by atoms with Gasteiger partial charge in [0.15, 0.2) is 0 Å². The molecule has 112 valence electrons. The van der Waals surface area contributed by atoms with Crippen LogP contribution in [0.1, 0.15) is 30.9 Å². The van der Waals surface area contributed by atoms with Crippen LogP contribution in [0.4, 0.5) is 4.39 Å². The van der Waals surface area contributed by atoms with E-state index in [1.54, 1.807) is 13.8 Å². The van der Waals surface area contributed by atoms with E-state index in [1.165, 1.54) is 12.1 Å². The second-order valence-electron chi connectivity index (χ2n) is 5.78. The Kier molecular flexibility index (Phi) is 4.18. The maximum Gasteiger partial charge on any atom is 0.241 e. The molecular formula is C14H21FN2O2S. The van der Waals surface area contributed by atoms with Crippen molar-refractivity contribution in [2.24, 2.45) is 0 Å². The van der Waals surface area contributed by atoms with Crippen molar-refractivity contribution in [2.45, 2.75) is 44.0 Å². The summed E-state index contributed by atoms with van der Waals surface area (Å²) in [7, 11) is -3.62. The van der Waals surface area contributed by atoms with E-state index in [0.717, 1.165) is 19.4 Å². The first-order valence-electron chi connectivity index (χ1n) is 6.75. The molecule has 1 unspecified atom stereocenters. The standard InChI is InChI=1S/C14H21FN2O2S/c1-10-7-12(15)8-11(2)13(10)20(18,19)17-9-14(3)5-4-6-16-14/h7-8,16-17H,4-6,9H2,1-3H3. The molecular weight excluding hydrogens is 279 g/mol. The molecule has 1 aliphatic rings. The first-order chi connectivity index (χ1) is 9.23. The normalized spacial score (nSPS) is 23.2. The molecule has 1 atom stereocenters. The van der Waals surface area contributed by atoms with E-state index in [0.29, 0.717) is 17.7 Å². The Morgan fingerprint density at radius 2 is 1.95 bits per heavy atom. The Labute approximate surface area is 119 Å². The molecule has 1 aromatic carbocycles. The SMILES string of the molecule is Cc1cc(F)cc(C)c1S(=O)(=O)NCC1(C)CCCN1. The third-order valence-electron chi connectivity index (χ3n) is 3.80. The van der Waals surface area contributed by atoms with E-state index in [1.807, 2.05) is 6.92 Å². The van der Waals surface area contributed by atoms with E-state index in [-0.39, 0.29) is 10.4 Å². The van der Waals surface area contributed by atoms with E-state index in [9.17, 15) is 12.8 Å². The van der Waals surface area contributed by atoms with Crippen LogP contribution in [0.25, 0.3) is 0 Å². The third-order valence-corrected chi connectivity index (χ3v) is 5.51. The maximum atomic E-state index is 13.3. The lowest BCUT2D eigenvalue weighted by Gasteiger charge is -2.25.